The summed E-state index contributed by atoms with van der Waals surface area (Å²) in [6, 6.07) is 2.69. The molecule has 13 heteroatoms. The molecule has 1 aliphatic carbocycles. The molecule has 0 bridgehead atoms. The van der Waals surface area contributed by atoms with Crippen LogP contribution in [0.5, 0.6) is 0 Å². The van der Waals surface area contributed by atoms with Crippen LogP contribution in [-0.2, 0) is 19.4 Å². The second kappa shape index (κ2) is 8.94. The standard InChI is InChI=1S/C18H22BrF3N2O6S/c1-17(2,3)30-16(27)24-13-11(8-12(19)14(13)25)15(26)23-9-5-4-6-10(7-9)31(28,29)18(20,21)22/h4-7,11-14,25H,8H2,1-3H3,(H,23,26)(H,24,27)/t11-,12+,13-,14-/m0/s1. The van der Waals surface area contributed by atoms with Crippen LogP contribution < -0.4 is 10.6 Å². The smallest absolute Gasteiger partial charge is 0.444 e. The summed E-state index contributed by atoms with van der Waals surface area (Å²) in [4.78, 5) is 23.2. The van der Waals surface area contributed by atoms with Crippen molar-refractivity contribution in [1.29, 1.82) is 0 Å². The van der Waals surface area contributed by atoms with Gasteiger partial charge < -0.3 is 20.5 Å². The van der Waals surface area contributed by atoms with Crippen molar-refractivity contribution in [3.8, 4) is 0 Å². The van der Waals surface area contributed by atoms with E-state index in [9.17, 15) is 36.3 Å². The van der Waals surface area contributed by atoms with E-state index in [2.05, 4.69) is 26.6 Å². The summed E-state index contributed by atoms with van der Waals surface area (Å²) in [7, 11) is -5.59. The number of amides is 2. The number of alkyl carbamates (subject to hydrolysis) is 1. The number of alkyl halides is 4. The largest absolute Gasteiger partial charge is 0.501 e. The van der Waals surface area contributed by atoms with Crippen LogP contribution in [0, 0.1) is 5.92 Å². The summed E-state index contributed by atoms with van der Waals surface area (Å²) >= 11 is 3.22. The Labute approximate surface area is 185 Å². The van der Waals surface area contributed by atoms with Crippen LogP contribution in [-0.4, -0.2) is 53.6 Å². The molecule has 2 rings (SSSR count). The number of anilines is 1. The Morgan fingerprint density at radius 1 is 1.23 bits per heavy atom. The fraction of sp³-hybridized carbons (Fsp3) is 0.556. The third-order valence-corrected chi connectivity index (χ3v) is 6.79. The number of aliphatic hydroxyl groups is 1. The molecule has 0 aromatic heterocycles. The van der Waals surface area contributed by atoms with Gasteiger partial charge in [0.15, 0.2) is 0 Å². The Morgan fingerprint density at radius 3 is 2.39 bits per heavy atom. The minimum atomic E-state index is -5.59. The molecular weight excluding hydrogens is 509 g/mol. The number of nitrogens with one attached hydrogen (secondary N) is 2. The lowest BCUT2D eigenvalue weighted by Gasteiger charge is -2.26. The van der Waals surface area contributed by atoms with Crippen molar-refractivity contribution in [2.45, 2.75) is 60.2 Å². The van der Waals surface area contributed by atoms with E-state index in [-0.39, 0.29) is 12.1 Å². The zero-order valence-electron chi connectivity index (χ0n) is 16.7. The number of carbonyl (C=O) groups excluding carboxylic acids is 2. The monoisotopic (exact) mass is 530 g/mol. The number of aliphatic hydroxyl groups excluding tert-OH is 1. The van der Waals surface area contributed by atoms with Gasteiger partial charge in [-0.3, -0.25) is 4.79 Å². The number of sulfone groups is 1. The molecule has 0 unspecified atom stereocenters. The van der Waals surface area contributed by atoms with Gasteiger partial charge in [-0.05, 0) is 45.4 Å². The van der Waals surface area contributed by atoms with E-state index >= 15 is 0 Å². The van der Waals surface area contributed by atoms with E-state index in [1.165, 1.54) is 6.07 Å². The van der Waals surface area contributed by atoms with Gasteiger partial charge in [0.2, 0.25) is 5.91 Å². The molecule has 1 saturated carbocycles. The van der Waals surface area contributed by atoms with Gasteiger partial charge >= 0.3 is 11.6 Å². The van der Waals surface area contributed by atoms with Crippen molar-refractivity contribution < 1.29 is 41.0 Å². The third-order valence-electron chi connectivity index (χ3n) is 4.39. The maximum atomic E-state index is 12.8. The molecule has 0 radical (unpaired) electrons. The SMILES string of the molecule is CC(C)(C)OC(=O)N[C@@H]1[C@@H](O)[C@H](Br)C[C@@H]1C(=O)Nc1cccc(S(=O)(=O)C(F)(F)F)c1. The molecule has 4 atom stereocenters. The molecule has 31 heavy (non-hydrogen) atoms. The molecule has 1 aliphatic rings. The number of benzene rings is 1. The van der Waals surface area contributed by atoms with Crippen molar-refractivity contribution in [2.24, 2.45) is 5.92 Å². The number of rotatable bonds is 4. The van der Waals surface area contributed by atoms with Crippen LogP contribution in [0.15, 0.2) is 29.2 Å². The summed E-state index contributed by atoms with van der Waals surface area (Å²) in [6.45, 7) is 4.91. The molecule has 2 amide bonds. The van der Waals surface area contributed by atoms with Gasteiger partial charge in [-0.1, -0.05) is 22.0 Å². The van der Waals surface area contributed by atoms with Crippen LogP contribution in [0.3, 0.4) is 0 Å². The van der Waals surface area contributed by atoms with Crippen LogP contribution in [0.25, 0.3) is 0 Å². The molecule has 1 aromatic rings. The Kier molecular flexibility index (Phi) is 7.33. The summed E-state index contributed by atoms with van der Waals surface area (Å²) in [5.74, 6) is -1.68. The normalized spacial score (nSPS) is 24.5. The summed E-state index contributed by atoms with van der Waals surface area (Å²) in [5.41, 5.74) is -6.49. The minimum absolute atomic E-state index is 0.105. The Bertz CT molecular complexity index is 948. The first kappa shape index (κ1) is 25.4. The number of carbonyl (C=O) groups is 2. The lowest BCUT2D eigenvalue weighted by molar-refractivity contribution is -0.120. The van der Waals surface area contributed by atoms with Gasteiger partial charge in [0.05, 0.1) is 23.0 Å². The van der Waals surface area contributed by atoms with Gasteiger partial charge in [0, 0.05) is 10.5 Å². The van der Waals surface area contributed by atoms with Crippen LogP contribution in [0.4, 0.5) is 23.7 Å². The highest BCUT2D eigenvalue weighted by molar-refractivity contribution is 9.09. The number of ether oxygens (including phenoxy) is 1. The van der Waals surface area contributed by atoms with Gasteiger partial charge in [0.1, 0.15) is 5.60 Å². The Balaban J connectivity index is 2.20. The molecule has 3 N–H and O–H groups in total. The number of hydrogen-bond donors (Lipinski definition) is 3. The molecule has 0 spiro atoms. The van der Waals surface area contributed by atoms with E-state index in [1.54, 1.807) is 20.8 Å². The first-order chi connectivity index (χ1) is 14.0. The highest BCUT2D eigenvalue weighted by Crippen LogP contribution is 2.34. The van der Waals surface area contributed by atoms with Crippen molar-refractivity contribution in [3.63, 3.8) is 0 Å². The predicted octanol–water partition coefficient (Wildman–Crippen LogP) is 2.96. The number of halogens is 4. The predicted molar refractivity (Wildman–Crippen MR) is 108 cm³/mol. The molecular formula is C18H22BrF3N2O6S. The first-order valence-electron chi connectivity index (χ1n) is 9.07. The maximum Gasteiger partial charge on any atom is 0.501 e. The van der Waals surface area contributed by atoms with Gasteiger partial charge in [-0.25, -0.2) is 13.2 Å². The van der Waals surface area contributed by atoms with Crippen molar-refractivity contribution in [1.82, 2.24) is 5.32 Å². The summed E-state index contributed by atoms with van der Waals surface area (Å²) < 4.78 is 66.6. The lowest BCUT2D eigenvalue weighted by atomic mass is 10.0. The zero-order valence-corrected chi connectivity index (χ0v) is 19.1. The fourth-order valence-electron chi connectivity index (χ4n) is 3.00. The van der Waals surface area contributed by atoms with Crippen molar-refractivity contribution in [3.05, 3.63) is 24.3 Å². The van der Waals surface area contributed by atoms with E-state index in [4.69, 9.17) is 4.74 Å². The average Bonchev–Trinajstić information content (AvgIpc) is 2.88. The van der Waals surface area contributed by atoms with E-state index in [1.807, 2.05) is 0 Å². The highest BCUT2D eigenvalue weighted by Gasteiger charge is 2.48. The molecule has 1 fully saturated rings. The van der Waals surface area contributed by atoms with Gasteiger partial charge in [0.25, 0.3) is 9.84 Å². The Hall–Kier alpha value is -1.86. The molecule has 0 heterocycles. The van der Waals surface area contributed by atoms with E-state index < -0.39 is 60.7 Å². The zero-order chi connectivity index (χ0) is 23.8. The molecule has 1 aromatic carbocycles. The summed E-state index contributed by atoms with van der Waals surface area (Å²) in [6.07, 6.45) is -1.89. The van der Waals surface area contributed by atoms with Crippen LogP contribution >= 0.6 is 15.9 Å². The maximum absolute atomic E-state index is 12.8. The van der Waals surface area contributed by atoms with E-state index in [0.29, 0.717) is 6.07 Å². The van der Waals surface area contributed by atoms with Crippen LogP contribution in [0.2, 0.25) is 0 Å². The molecule has 0 aliphatic heterocycles. The van der Waals surface area contributed by atoms with Crippen LogP contribution in [0.1, 0.15) is 27.2 Å². The second-order valence-electron chi connectivity index (χ2n) is 7.99. The summed E-state index contributed by atoms with van der Waals surface area (Å²) in [5, 5.41) is 15.1. The van der Waals surface area contributed by atoms with Crippen molar-refractivity contribution >= 4 is 43.5 Å². The molecule has 174 valence electrons. The molecule has 0 saturated heterocycles. The number of hydrogen-bond acceptors (Lipinski definition) is 6. The highest BCUT2D eigenvalue weighted by atomic mass is 79.9. The fourth-order valence-corrected chi connectivity index (χ4v) is 4.54. The molecule has 8 nitrogen and oxygen atoms in total. The average molecular weight is 531 g/mol. The second-order valence-corrected chi connectivity index (χ2v) is 11.1. The first-order valence-corrected chi connectivity index (χ1v) is 11.5. The van der Waals surface area contributed by atoms with Gasteiger partial charge in [-0.15, -0.1) is 0 Å². The Morgan fingerprint density at radius 2 is 1.84 bits per heavy atom. The quantitative estimate of drug-likeness (QED) is 0.514. The third kappa shape index (κ3) is 6.10. The topological polar surface area (TPSA) is 122 Å². The lowest BCUT2D eigenvalue weighted by Crippen LogP contribution is -2.49. The minimum Gasteiger partial charge on any atom is -0.444 e. The van der Waals surface area contributed by atoms with E-state index in [0.717, 1.165) is 12.1 Å². The van der Waals surface area contributed by atoms with Gasteiger partial charge in [-0.2, -0.15) is 13.2 Å². The van der Waals surface area contributed by atoms with Crippen molar-refractivity contribution in [2.75, 3.05) is 5.32 Å².